The molecule has 0 saturated heterocycles. The van der Waals surface area contributed by atoms with Crippen LogP contribution in [-0.4, -0.2) is 14.3 Å². The molecule has 1 spiro atoms. The number of para-hydroxylation sites is 1. The van der Waals surface area contributed by atoms with Crippen molar-refractivity contribution in [1.29, 1.82) is 0 Å². The van der Waals surface area contributed by atoms with E-state index in [9.17, 15) is 0 Å². The minimum atomic E-state index is -0.566. The van der Waals surface area contributed by atoms with Gasteiger partial charge in [-0.25, -0.2) is 4.98 Å². The molecule has 166 valence electrons. The van der Waals surface area contributed by atoms with Crippen LogP contribution < -0.4 is 14.1 Å². The molecule has 0 saturated carbocycles. The van der Waals surface area contributed by atoms with Gasteiger partial charge >= 0.3 is 5.66 Å². The summed E-state index contributed by atoms with van der Waals surface area (Å²) in [5.41, 5.74) is 8.72. The summed E-state index contributed by atoms with van der Waals surface area (Å²) in [4.78, 5) is 5.05. The fourth-order valence-electron chi connectivity index (χ4n) is 6.60. The molecule has 3 aliphatic heterocycles. The lowest BCUT2D eigenvalue weighted by molar-refractivity contribution is -1.02. The smallest absolute Gasteiger partial charge is 0.455 e. The second kappa shape index (κ2) is 5.70. The number of hydrogen-bond acceptors (Lipinski definition) is 3. The molecule has 7 heteroatoms. The van der Waals surface area contributed by atoms with Crippen LogP contribution in [0.1, 0.15) is 22.5 Å². The molecule has 1 unspecified atom stereocenters. The van der Waals surface area contributed by atoms with Crippen molar-refractivity contribution in [2.75, 3.05) is 0 Å². The van der Waals surface area contributed by atoms with Crippen molar-refractivity contribution in [2.24, 2.45) is 0 Å². The van der Waals surface area contributed by atoms with Crippen molar-refractivity contribution in [3.05, 3.63) is 102 Å². The minimum absolute atomic E-state index is 0.566. The second-order valence-corrected chi connectivity index (χ2v) is 10.4. The van der Waals surface area contributed by atoms with E-state index in [1.165, 1.54) is 32.8 Å². The zero-order chi connectivity index (χ0) is 23.1. The fourth-order valence-corrected chi connectivity index (χ4v) is 7.72. The lowest BCUT2D eigenvalue weighted by Gasteiger charge is -2.22. The van der Waals surface area contributed by atoms with Crippen LogP contribution in [0.2, 0.25) is 0 Å². The summed E-state index contributed by atoms with van der Waals surface area (Å²) < 4.78 is 17.2. The first-order valence-electron chi connectivity index (χ1n) is 11.8. The van der Waals surface area contributed by atoms with Gasteiger partial charge in [-0.2, -0.15) is 0 Å². The maximum Gasteiger partial charge on any atom is 0.469 e. The number of ether oxygens (including phenoxy) is 1. The van der Waals surface area contributed by atoms with Gasteiger partial charge in [0.1, 0.15) is 33.4 Å². The number of fused-ring (bicyclic) bond motifs is 5. The molecular weight excluding hydrogens is 454 g/mol. The van der Waals surface area contributed by atoms with Gasteiger partial charge in [-0.05, 0) is 52.7 Å². The molecule has 9 rings (SSSR count). The predicted octanol–water partition coefficient (Wildman–Crippen LogP) is 4.77. The van der Waals surface area contributed by atoms with Gasteiger partial charge in [0.05, 0.1) is 22.1 Å². The van der Waals surface area contributed by atoms with E-state index in [4.69, 9.17) is 9.72 Å². The van der Waals surface area contributed by atoms with Gasteiger partial charge in [0, 0.05) is 13.0 Å². The van der Waals surface area contributed by atoms with E-state index in [2.05, 4.69) is 112 Å². The zero-order valence-corrected chi connectivity index (χ0v) is 19.9. The first-order chi connectivity index (χ1) is 17.2. The highest BCUT2D eigenvalue weighted by molar-refractivity contribution is 7.21. The van der Waals surface area contributed by atoms with E-state index in [0.717, 1.165) is 33.4 Å². The third-order valence-corrected chi connectivity index (χ3v) is 8.85. The summed E-state index contributed by atoms with van der Waals surface area (Å²) in [6.45, 7) is 4.44. The largest absolute Gasteiger partial charge is 0.469 e. The Hall–Kier alpha value is -4.23. The van der Waals surface area contributed by atoms with Crippen molar-refractivity contribution in [3.63, 3.8) is 0 Å². The van der Waals surface area contributed by atoms with Crippen molar-refractivity contribution in [2.45, 2.75) is 19.5 Å². The average molecular weight is 474 g/mol. The number of benzene rings is 3. The van der Waals surface area contributed by atoms with E-state index in [1.807, 2.05) is 0 Å². The average Bonchev–Trinajstić information content (AvgIpc) is 3.65. The van der Waals surface area contributed by atoms with Crippen LogP contribution in [0.5, 0.6) is 11.5 Å². The zero-order valence-electron chi connectivity index (χ0n) is 19.1. The number of rotatable bonds is 1. The molecule has 0 fully saturated rings. The molecule has 0 bridgehead atoms. The molecule has 0 radical (unpaired) electrons. The fraction of sp³-hybridized carbons (Fsp3) is 0.107. The molecule has 0 aliphatic carbocycles. The van der Waals surface area contributed by atoms with Gasteiger partial charge in [-0.3, -0.25) is 0 Å². The number of hydrogen-bond donors (Lipinski definition) is 0. The van der Waals surface area contributed by atoms with Crippen molar-refractivity contribution < 1.29 is 14.1 Å². The number of nitrogens with zero attached hydrogens (tertiary/aromatic N) is 5. The molecule has 3 aliphatic rings. The van der Waals surface area contributed by atoms with Crippen molar-refractivity contribution in [3.8, 4) is 33.4 Å². The summed E-state index contributed by atoms with van der Waals surface area (Å²) >= 11 is 1.76. The molecule has 6 heterocycles. The quantitative estimate of drug-likeness (QED) is 0.322. The maximum absolute atomic E-state index is 6.53. The van der Waals surface area contributed by atoms with Gasteiger partial charge in [-0.1, -0.05) is 24.3 Å². The highest BCUT2D eigenvalue weighted by Gasteiger charge is 2.74. The Bertz CT molecular complexity index is 1890. The Balaban J connectivity index is 1.48. The first-order valence-corrected chi connectivity index (χ1v) is 12.6. The molecule has 0 N–H and O–H groups in total. The molecule has 6 aromatic rings. The molecule has 6 nitrogen and oxygen atoms in total. The van der Waals surface area contributed by atoms with E-state index < -0.39 is 5.66 Å². The van der Waals surface area contributed by atoms with Gasteiger partial charge in [0.2, 0.25) is 11.9 Å². The Morgan fingerprint density at radius 3 is 2.49 bits per heavy atom. The Morgan fingerprint density at radius 2 is 1.66 bits per heavy atom. The molecular formula is C28H19N5OS+2. The summed E-state index contributed by atoms with van der Waals surface area (Å²) in [6, 6.07) is 23.3. The second-order valence-electron chi connectivity index (χ2n) is 9.41. The van der Waals surface area contributed by atoms with Gasteiger partial charge < -0.3 is 4.74 Å². The summed E-state index contributed by atoms with van der Waals surface area (Å²) in [6.07, 6.45) is 4.31. The predicted molar refractivity (Wildman–Crippen MR) is 132 cm³/mol. The highest BCUT2D eigenvalue weighted by atomic mass is 32.1. The van der Waals surface area contributed by atoms with E-state index in [0.29, 0.717) is 0 Å². The van der Waals surface area contributed by atoms with Gasteiger partial charge in [0.25, 0.3) is 0 Å². The van der Waals surface area contributed by atoms with Gasteiger partial charge in [0.15, 0.2) is 11.1 Å². The number of thiazole rings is 1. The Morgan fingerprint density at radius 1 is 0.886 bits per heavy atom. The summed E-state index contributed by atoms with van der Waals surface area (Å²) in [5, 5.41) is 1.06. The molecule has 1 atom stereocenters. The van der Waals surface area contributed by atoms with E-state index in [1.54, 1.807) is 11.3 Å². The summed E-state index contributed by atoms with van der Waals surface area (Å²) in [5.74, 6) is 1.81. The first kappa shape index (κ1) is 18.1. The monoisotopic (exact) mass is 473 g/mol. The van der Waals surface area contributed by atoms with Crippen LogP contribution in [0, 0.1) is 13.8 Å². The van der Waals surface area contributed by atoms with Crippen LogP contribution in [0.15, 0.2) is 79.1 Å². The lowest BCUT2D eigenvalue weighted by Crippen LogP contribution is -2.75. The Labute approximate surface area is 204 Å². The van der Waals surface area contributed by atoms with Crippen molar-refractivity contribution >= 4 is 21.6 Å². The summed E-state index contributed by atoms with van der Waals surface area (Å²) in [7, 11) is 0. The highest BCUT2D eigenvalue weighted by Crippen LogP contribution is 2.54. The number of aromatic nitrogens is 5. The molecule has 35 heavy (non-hydrogen) atoms. The van der Waals surface area contributed by atoms with Crippen LogP contribution in [-0.2, 0) is 5.66 Å². The minimum Gasteiger partial charge on any atom is -0.455 e. The van der Waals surface area contributed by atoms with Crippen LogP contribution in [0.4, 0.5) is 0 Å². The third kappa shape index (κ3) is 1.81. The van der Waals surface area contributed by atoms with Gasteiger partial charge in [-0.15, -0.1) is 20.7 Å². The van der Waals surface area contributed by atoms with E-state index >= 15 is 0 Å². The maximum atomic E-state index is 6.53. The van der Waals surface area contributed by atoms with Crippen LogP contribution in [0.25, 0.3) is 32.2 Å². The van der Waals surface area contributed by atoms with Crippen LogP contribution >= 0.6 is 11.3 Å². The molecule has 0 amide bonds. The Kier molecular flexibility index (Phi) is 2.95. The molecule has 3 aromatic carbocycles. The third-order valence-electron chi connectivity index (χ3n) is 7.79. The lowest BCUT2D eigenvalue weighted by atomic mass is 9.87. The molecule has 3 aromatic heterocycles. The van der Waals surface area contributed by atoms with Crippen molar-refractivity contribution in [1.82, 2.24) is 14.3 Å². The topological polar surface area (TPSA) is 39.7 Å². The normalized spacial score (nSPS) is 17.8. The standard InChI is InChI=1S/C28H19N5OS/c1-16-24(27-29-18-8-3-4-13-23(18)35-27)17(2)33-28-25-19(30-14-7-15-31(28)30)9-5-11-21(25)34-22-12-6-10-20(26(22)28)32(16)33/h3-15H,1-2H3/q+2. The SMILES string of the molecule is Cc1c(-c2nc3ccccc3s2)c(C)[n+]2n1-c1cccc3c1C21c2c(cccc2-n2ccc[n+]21)O3. The van der Waals surface area contributed by atoms with E-state index in [-0.39, 0.29) is 0 Å². The van der Waals surface area contributed by atoms with Crippen LogP contribution in [0.3, 0.4) is 0 Å².